The number of hydrogen-bond acceptors (Lipinski definition) is 6. The number of halogens is 2. The fourth-order valence-electron chi connectivity index (χ4n) is 2.77. The summed E-state index contributed by atoms with van der Waals surface area (Å²) in [6.07, 6.45) is -1.32. The summed E-state index contributed by atoms with van der Waals surface area (Å²) in [4.78, 5) is 36.5. The van der Waals surface area contributed by atoms with Gasteiger partial charge in [0.15, 0.2) is 5.69 Å². The second-order valence-electron chi connectivity index (χ2n) is 5.75. The molecule has 1 aromatic heterocycles. The normalized spacial score (nSPS) is 17.6. The van der Waals surface area contributed by atoms with Crippen LogP contribution < -0.4 is 9.91 Å². The van der Waals surface area contributed by atoms with E-state index in [0.29, 0.717) is 6.07 Å². The van der Waals surface area contributed by atoms with Gasteiger partial charge in [0.05, 0.1) is 7.11 Å². The maximum Gasteiger partial charge on any atom is 0.546 e. The van der Waals surface area contributed by atoms with Crippen LogP contribution in [0, 0.1) is 11.6 Å². The maximum absolute atomic E-state index is 13.4. The van der Waals surface area contributed by atoms with Crippen LogP contribution in [0.4, 0.5) is 19.3 Å². The van der Waals surface area contributed by atoms with E-state index in [1.54, 1.807) is 6.92 Å². The van der Waals surface area contributed by atoms with Crippen LogP contribution >= 0.6 is 11.3 Å². The number of amides is 2. The first-order chi connectivity index (χ1) is 13.2. The van der Waals surface area contributed by atoms with Crippen molar-refractivity contribution in [2.75, 3.05) is 13.7 Å². The quantitative estimate of drug-likeness (QED) is 0.598. The molecule has 0 saturated carbocycles. The Balaban J connectivity index is 2.05. The molecule has 0 saturated heterocycles. The lowest BCUT2D eigenvalue weighted by molar-refractivity contribution is 0.0605. The number of thiophene rings is 1. The molecule has 2 heterocycles. The van der Waals surface area contributed by atoms with Crippen LogP contribution in [-0.2, 0) is 4.74 Å². The van der Waals surface area contributed by atoms with Gasteiger partial charge in [-0.15, -0.1) is 11.3 Å². The van der Waals surface area contributed by atoms with Crippen molar-refractivity contribution in [2.24, 2.45) is 5.10 Å². The highest BCUT2D eigenvalue weighted by Gasteiger charge is 2.50. The van der Waals surface area contributed by atoms with Crippen molar-refractivity contribution in [3.8, 4) is 0 Å². The van der Waals surface area contributed by atoms with Crippen molar-refractivity contribution < 1.29 is 33.0 Å². The second kappa shape index (κ2) is 7.09. The van der Waals surface area contributed by atoms with Crippen LogP contribution in [0.1, 0.15) is 31.8 Å². The van der Waals surface area contributed by atoms with Gasteiger partial charge in [-0.2, -0.15) is 4.79 Å². The number of carbonyl (C=O) groups excluding carboxylic acids is 2. The van der Waals surface area contributed by atoms with Gasteiger partial charge < -0.3 is 15.2 Å². The third-order valence-corrected chi connectivity index (χ3v) is 5.23. The summed E-state index contributed by atoms with van der Waals surface area (Å²) in [5, 5.41) is 16.2. The van der Waals surface area contributed by atoms with Gasteiger partial charge in [-0.1, -0.05) is 4.59 Å². The van der Waals surface area contributed by atoms with E-state index in [1.807, 2.05) is 0 Å². The number of benzene rings is 1. The molecule has 0 bridgehead atoms. The minimum atomic E-state index is -1.32. The van der Waals surface area contributed by atoms with Crippen LogP contribution in [0.3, 0.4) is 0 Å². The Bertz CT molecular complexity index is 1020. The Morgan fingerprint density at radius 1 is 1.21 bits per heavy atom. The number of carbonyl (C=O) groups is 3. The van der Waals surface area contributed by atoms with Crippen molar-refractivity contribution in [1.82, 2.24) is 9.91 Å². The topological polar surface area (TPSA) is 105 Å². The molecule has 2 N–H and O–H groups in total. The van der Waals surface area contributed by atoms with Gasteiger partial charge in [0.25, 0.3) is 5.91 Å². The number of nitrogens with one attached hydrogen (secondary N) is 1. The summed E-state index contributed by atoms with van der Waals surface area (Å²) in [6, 6.07) is 3.63. The van der Waals surface area contributed by atoms with Crippen LogP contribution in [0.2, 0.25) is 0 Å². The number of nitrogens with zero attached hydrogens (tertiary/aromatic N) is 2. The SMILES string of the molecule is CC[N+]1(C(=O)O)N=C(NC(=O)c2cc(F)cc(F)c2)c2sc(C(=O)OC)cc21. The number of rotatable bonds is 3. The number of carboxylic acid groups (broad SMARTS) is 1. The number of fused-ring (bicyclic) bond motifs is 1. The minimum Gasteiger partial charge on any atom is -0.465 e. The van der Waals surface area contributed by atoms with E-state index in [1.165, 1.54) is 13.2 Å². The van der Waals surface area contributed by atoms with Gasteiger partial charge in [-0.25, -0.2) is 13.6 Å². The average molecular weight is 410 g/mol. The van der Waals surface area contributed by atoms with Gasteiger partial charge in [0.2, 0.25) is 5.84 Å². The second-order valence-corrected chi connectivity index (χ2v) is 6.80. The van der Waals surface area contributed by atoms with Gasteiger partial charge in [0, 0.05) is 17.7 Å². The first-order valence-electron chi connectivity index (χ1n) is 7.94. The summed E-state index contributed by atoms with van der Waals surface area (Å²) in [5.41, 5.74) is -0.121. The number of amidine groups is 1. The molecule has 28 heavy (non-hydrogen) atoms. The van der Waals surface area contributed by atoms with E-state index in [9.17, 15) is 28.3 Å². The molecular weight excluding hydrogens is 396 g/mol. The number of ether oxygens (including phenoxy) is 1. The Morgan fingerprint density at radius 2 is 1.86 bits per heavy atom. The lowest BCUT2D eigenvalue weighted by Crippen LogP contribution is -2.47. The van der Waals surface area contributed by atoms with Crippen LogP contribution in [0.15, 0.2) is 29.4 Å². The summed E-state index contributed by atoms with van der Waals surface area (Å²) >= 11 is 0.894. The van der Waals surface area contributed by atoms with Gasteiger partial charge >= 0.3 is 12.1 Å². The molecule has 1 atom stereocenters. The van der Waals surface area contributed by atoms with Gasteiger partial charge in [-0.05, 0) is 24.2 Å². The van der Waals surface area contributed by atoms with Gasteiger partial charge in [0.1, 0.15) is 27.9 Å². The van der Waals surface area contributed by atoms with Crippen molar-refractivity contribution in [1.29, 1.82) is 0 Å². The first kappa shape index (κ1) is 19.6. The summed E-state index contributed by atoms with van der Waals surface area (Å²) in [7, 11) is 1.18. The van der Waals surface area contributed by atoms with E-state index >= 15 is 0 Å². The van der Waals surface area contributed by atoms with E-state index in [0.717, 1.165) is 23.5 Å². The molecule has 1 aliphatic heterocycles. The van der Waals surface area contributed by atoms with E-state index in [-0.39, 0.29) is 33.4 Å². The zero-order chi connectivity index (χ0) is 20.6. The highest BCUT2D eigenvalue weighted by atomic mass is 32.1. The molecular formula is C17H14F2N3O5S+. The fourth-order valence-corrected chi connectivity index (χ4v) is 3.83. The Hall–Kier alpha value is -3.18. The third-order valence-electron chi connectivity index (χ3n) is 4.11. The molecule has 8 nitrogen and oxygen atoms in total. The van der Waals surface area contributed by atoms with Crippen LogP contribution in [0.25, 0.3) is 0 Å². The monoisotopic (exact) mass is 410 g/mol. The molecule has 0 radical (unpaired) electrons. The average Bonchev–Trinajstić information content (AvgIpc) is 3.19. The molecule has 0 fully saturated rings. The molecule has 11 heteroatoms. The Labute approximate surface area is 161 Å². The number of hydrogen-bond donors (Lipinski definition) is 2. The molecule has 2 aromatic rings. The first-order valence-corrected chi connectivity index (χ1v) is 8.75. The number of esters is 1. The van der Waals surface area contributed by atoms with Crippen LogP contribution in [-0.4, -0.2) is 42.6 Å². The zero-order valence-electron chi connectivity index (χ0n) is 14.7. The van der Waals surface area contributed by atoms with E-state index < -0.39 is 34.2 Å². The standard InChI is InChI=1S/C17H13F2N3O5S/c1-3-22(17(25)26)11-7-12(16(24)27-2)28-13(11)14(21-22)20-15(23)8-4-9(18)6-10(19)5-8/h4-7H,3H2,1-2H3,(H-,20,21,23,25,26)/p+1. The lowest BCUT2D eigenvalue weighted by atomic mass is 10.2. The van der Waals surface area contributed by atoms with Crippen molar-refractivity contribution in [2.45, 2.75) is 6.92 Å². The largest absolute Gasteiger partial charge is 0.546 e. The third kappa shape index (κ3) is 3.14. The summed E-state index contributed by atoms with van der Waals surface area (Å²) < 4.78 is 30.5. The van der Waals surface area contributed by atoms with Crippen LogP contribution in [0.5, 0.6) is 0 Å². The predicted molar refractivity (Wildman–Crippen MR) is 96.4 cm³/mol. The molecule has 0 spiro atoms. The highest BCUT2D eigenvalue weighted by molar-refractivity contribution is 7.16. The molecule has 0 aliphatic carbocycles. The molecule has 1 aliphatic rings. The predicted octanol–water partition coefficient (Wildman–Crippen LogP) is 2.92. The minimum absolute atomic E-state index is 0.00631. The molecule has 1 unspecified atom stereocenters. The fraction of sp³-hybridized carbons (Fsp3) is 0.176. The number of methoxy groups -OCH3 is 1. The van der Waals surface area contributed by atoms with E-state index in [4.69, 9.17) is 0 Å². The molecule has 146 valence electrons. The Morgan fingerprint density at radius 3 is 2.39 bits per heavy atom. The molecule has 3 rings (SSSR count). The van der Waals surface area contributed by atoms with E-state index in [2.05, 4.69) is 15.2 Å². The summed E-state index contributed by atoms with van der Waals surface area (Å²) in [5.74, 6) is -3.54. The zero-order valence-corrected chi connectivity index (χ0v) is 15.5. The lowest BCUT2D eigenvalue weighted by Gasteiger charge is -2.19. The maximum atomic E-state index is 13.4. The molecule has 1 aromatic carbocycles. The number of quaternary nitrogens is 1. The van der Waals surface area contributed by atoms with Crippen molar-refractivity contribution >= 4 is 40.8 Å². The molecule has 2 amide bonds. The Kier molecular flexibility index (Phi) is 4.96. The van der Waals surface area contributed by atoms with Crippen molar-refractivity contribution in [3.63, 3.8) is 0 Å². The summed E-state index contributed by atoms with van der Waals surface area (Å²) in [6.45, 7) is 1.57. The van der Waals surface area contributed by atoms with Crippen molar-refractivity contribution in [3.05, 3.63) is 51.2 Å². The highest BCUT2D eigenvalue weighted by Crippen LogP contribution is 2.41. The van der Waals surface area contributed by atoms with Gasteiger partial charge in [-0.3, -0.25) is 4.79 Å². The smallest absolute Gasteiger partial charge is 0.465 e.